The Labute approximate surface area is 189 Å². The van der Waals surface area contributed by atoms with Crippen LogP contribution in [0.15, 0.2) is 42.7 Å². The smallest absolute Gasteiger partial charge is 0.223 e. The molecule has 1 saturated heterocycles. The molecular formula is C24H31N7O. The van der Waals surface area contributed by atoms with Crippen molar-refractivity contribution in [1.82, 2.24) is 24.6 Å². The second-order valence-corrected chi connectivity index (χ2v) is 8.39. The highest BCUT2D eigenvalue weighted by Gasteiger charge is 2.22. The number of rotatable bonds is 6. The van der Waals surface area contributed by atoms with Crippen LogP contribution in [0, 0.1) is 13.8 Å². The summed E-state index contributed by atoms with van der Waals surface area (Å²) in [6.45, 7) is 7.30. The molecule has 0 saturated carbocycles. The standard InChI is InChI=1S/C24H31N7O/c1-18-21(19(2)31(27-18)23-16-22(28(3)4)25-17-26-23)10-11-24(32)30-14-12-29(13-15-30)20-8-6-5-7-9-20/h5-9,16-17H,10-15H2,1-4H3. The molecule has 1 fully saturated rings. The number of nitrogens with zero attached hydrogens (tertiary/aromatic N) is 7. The van der Waals surface area contributed by atoms with Gasteiger partial charge < -0.3 is 14.7 Å². The maximum atomic E-state index is 12.9. The Morgan fingerprint density at radius 3 is 2.44 bits per heavy atom. The normalized spacial score (nSPS) is 14.0. The summed E-state index contributed by atoms with van der Waals surface area (Å²) in [6.07, 6.45) is 2.73. The molecule has 3 aromatic rings. The number of carbonyl (C=O) groups is 1. The predicted molar refractivity (Wildman–Crippen MR) is 127 cm³/mol. The van der Waals surface area contributed by atoms with Gasteiger partial charge in [0, 0.05) is 64.1 Å². The maximum absolute atomic E-state index is 12.9. The van der Waals surface area contributed by atoms with Crippen molar-refractivity contribution in [3.63, 3.8) is 0 Å². The third kappa shape index (κ3) is 4.59. The third-order valence-electron chi connectivity index (χ3n) is 6.10. The molecule has 8 heteroatoms. The zero-order chi connectivity index (χ0) is 22.7. The molecule has 0 spiro atoms. The lowest BCUT2D eigenvalue weighted by Gasteiger charge is -2.36. The highest BCUT2D eigenvalue weighted by molar-refractivity contribution is 5.77. The monoisotopic (exact) mass is 433 g/mol. The van der Waals surface area contributed by atoms with Gasteiger partial charge in [-0.2, -0.15) is 5.10 Å². The van der Waals surface area contributed by atoms with E-state index < -0.39 is 0 Å². The summed E-state index contributed by atoms with van der Waals surface area (Å²) in [6, 6.07) is 12.3. The first-order valence-corrected chi connectivity index (χ1v) is 11.1. The average Bonchev–Trinajstić information content (AvgIpc) is 3.11. The molecule has 1 aliphatic heterocycles. The van der Waals surface area contributed by atoms with E-state index in [-0.39, 0.29) is 5.91 Å². The highest BCUT2D eigenvalue weighted by atomic mass is 16.2. The Morgan fingerprint density at radius 1 is 1.03 bits per heavy atom. The number of aromatic nitrogens is 4. The summed E-state index contributed by atoms with van der Waals surface area (Å²) in [5.41, 5.74) is 4.30. The summed E-state index contributed by atoms with van der Waals surface area (Å²) >= 11 is 0. The predicted octanol–water partition coefficient (Wildman–Crippen LogP) is 2.63. The van der Waals surface area contributed by atoms with Crippen LogP contribution >= 0.6 is 0 Å². The van der Waals surface area contributed by atoms with E-state index in [0.29, 0.717) is 12.8 Å². The van der Waals surface area contributed by atoms with Gasteiger partial charge in [-0.3, -0.25) is 4.79 Å². The van der Waals surface area contributed by atoms with E-state index >= 15 is 0 Å². The number of hydrogen-bond donors (Lipinski definition) is 0. The molecule has 0 N–H and O–H groups in total. The number of para-hydroxylation sites is 1. The molecule has 8 nitrogen and oxygen atoms in total. The zero-order valence-corrected chi connectivity index (χ0v) is 19.3. The molecule has 0 bridgehead atoms. The SMILES string of the molecule is Cc1nn(-c2cc(N(C)C)ncn2)c(C)c1CCC(=O)N1CCN(c2ccccc2)CC1. The van der Waals surface area contributed by atoms with E-state index in [9.17, 15) is 4.79 Å². The van der Waals surface area contributed by atoms with Crippen LogP contribution in [-0.4, -0.2) is 70.8 Å². The molecule has 1 aromatic carbocycles. The first-order chi connectivity index (χ1) is 15.4. The number of aryl methyl sites for hydroxylation is 1. The fourth-order valence-electron chi connectivity index (χ4n) is 4.20. The Kier molecular flexibility index (Phi) is 6.39. The summed E-state index contributed by atoms with van der Waals surface area (Å²) < 4.78 is 1.85. The number of piperazine rings is 1. The molecule has 1 amide bonds. The van der Waals surface area contributed by atoms with Gasteiger partial charge in [0.2, 0.25) is 5.91 Å². The van der Waals surface area contributed by atoms with Crippen LogP contribution in [0.3, 0.4) is 0 Å². The second kappa shape index (κ2) is 9.38. The molecule has 0 radical (unpaired) electrons. The van der Waals surface area contributed by atoms with Crippen molar-refractivity contribution in [1.29, 1.82) is 0 Å². The molecule has 0 aliphatic carbocycles. The van der Waals surface area contributed by atoms with Crippen LogP contribution in [0.25, 0.3) is 5.82 Å². The number of hydrogen-bond acceptors (Lipinski definition) is 6. The quantitative estimate of drug-likeness (QED) is 0.595. The number of carbonyl (C=O) groups excluding carboxylic acids is 1. The Hall–Kier alpha value is -3.42. The lowest BCUT2D eigenvalue weighted by atomic mass is 10.1. The van der Waals surface area contributed by atoms with Gasteiger partial charge in [0.15, 0.2) is 5.82 Å². The fourth-order valence-corrected chi connectivity index (χ4v) is 4.20. The van der Waals surface area contributed by atoms with Gasteiger partial charge in [0.05, 0.1) is 5.69 Å². The van der Waals surface area contributed by atoms with Crippen LogP contribution in [0.1, 0.15) is 23.4 Å². The summed E-state index contributed by atoms with van der Waals surface area (Å²) in [4.78, 5) is 27.8. The van der Waals surface area contributed by atoms with E-state index in [4.69, 9.17) is 5.10 Å². The number of amides is 1. The largest absolute Gasteiger partial charge is 0.368 e. The second-order valence-electron chi connectivity index (χ2n) is 8.39. The minimum Gasteiger partial charge on any atom is -0.368 e. The van der Waals surface area contributed by atoms with Gasteiger partial charge in [-0.15, -0.1) is 0 Å². The van der Waals surface area contributed by atoms with E-state index in [2.05, 4.69) is 39.1 Å². The zero-order valence-electron chi connectivity index (χ0n) is 19.3. The first kappa shape index (κ1) is 21.8. The molecule has 1 aliphatic rings. The minimum atomic E-state index is 0.209. The van der Waals surface area contributed by atoms with Gasteiger partial charge in [-0.25, -0.2) is 14.6 Å². The van der Waals surface area contributed by atoms with E-state index in [1.807, 2.05) is 54.6 Å². The Bertz CT molecular complexity index is 1070. The average molecular weight is 434 g/mol. The van der Waals surface area contributed by atoms with E-state index in [1.165, 1.54) is 5.69 Å². The van der Waals surface area contributed by atoms with Crippen molar-refractivity contribution in [3.05, 3.63) is 59.7 Å². The van der Waals surface area contributed by atoms with Crippen molar-refractivity contribution in [2.24, 2.45) is 0 Å². The summed E-state index contributed by atoms with van der Waals surface area (Å²) in [5.74, 6) is 1.77. The molecule has 4 rings (SSSR count). The lowest BCUT2D eigenvalue weighted by molar-refractivity contribution is -0.131. The van der Waals surface area contributed by atoms with Crippen LogP contribution in [0.2, 0.25) is 0 Å². The van der Waals surface area contributed by atoms with Crippen molar-refractivity contribution < 1.29 is 4.79 Å². The third-order valence-corrected chi connectivity index (χ3v) is 6.10. The van der Waals surface area contributed by atoms with E-state index in [0.717, 1.165) is 54.8 Å². The number of anilines is 2. The first-order valence-electron chi connectivity index (χ1n) is 11.1. The van der Waals surface area contributed by atoms with Gasteiger partial charge in [-0.05, 0) is 38.0 Å². The topological polar surface area (TPSA) is 70.4 Å². The maximum Gasteiger partial charge on any atom is 0.223 e. The molecule has 0 unspecified atom stereocenters. The number of benzene rings is 1. The van der Waals surface area contributed by atoms with Crippen molar-refractivity contribution in [2.75, 3.05) is 50.1 Å². The fraction of sp³-hybridized carbons (Fsp3) is 0.417. The highest BCUT2D eigenvalue weighted by Crippen LogP contribution is 2.21. The van der Waals surface area contributed by atoms with Crippen molar-refractivity contribution in [2.45, 2.75) is 26.7 Å². The molecule has 2 aromatic heterocycles. The van der Waals surface area contributed by atoms with Crippen molar-refractivity contribution >= 4 is 17.4 Å². The van der Waals surface area contributed by atoms with E-state index in [1.54, 1.807) is 6.33 Å². The molecule has 3 heterocycles. The Balaban J connectivity index is 1.38. The molecule has 32 heavy (non-hydrogen) atoms. The summed E-state index contributed by atoms with van der Waals surface area (Å²) in [5, 5.41) is 4.69. The van der Waals surface area contributed by atoms with Crippen molar-refractivity contribution in [3.8, 4) is 5.82 Å². The molecular weight excluding hydrogens is 402 g/mol. The molecule has 168 valence electrons. The van der Waals surface area contributed by atoms with Crippen LogP contribution < -0.4 is 9.80 Å². The minimum absolute atomic E-state index is 0.209. The van der Waals surface area contributed by atoms with Gasteiger partial charge in [0.25, 0.3) is 0 Å². The van der Waals surface area contributed by atoms with Gasteiger partial charge >= 0.3 is 0 Å². The van der Waals surface area contributed by atoms with Crippen LogP contribution in [-0.2, 0) is 11.2 Å². The van der Waals surface area contributed by atoms with Gasteiger partial charge in [0.1, 0.15) is 12.1 Å². The van der Waals surface area contributed by atoms with Crippen LogP contribution in [0.4, 0.5) is 11.5 Å². The summed E-state index contributed by atoms with van der Waals surface area (Å²) in [7, 11) is 3.90. The van der Waals surface area contributed by atoms with Gasteiger partial charge in [-0.1, -0.05) is 18.2 Å². The Morgan fingerprint density at radius 2 is 1.75 bits per heavy atom. The van der Waals surface area contributed by atoms with Crippen LogP contribution in [0.5, 0.6) is 0 Å². The molecule has 0 atom stereocenters. The lowest BCUT2D eigenvalue weighted by Crippen LogP contribution is -2.48.